The monoisotopic (exact) mass is 1400 g/mol. The van der Waals surface area contributed by atoms with Gasteiger partial charge in [0.2, 0.25) is 29.5 Å². The summed E-state index contributed by atoms with van der Waals surface area (Å²) in [5, 5.41) is 90.4. The van der Waals surface area contributed by atoms with Gasteiger partial charge in [0.1, 0.15) is 23.9 Å². The van der Waals surface area contributed by atoms with Crippen molar-refractivity contribution in [3.05, 3.63) is 29.8 Å². The summed E-state index contributed by atoms with van der Waals surface area (Å²) >= 11 is 0. The molecule has 14 N–H and O–H groups in total. The number of carboxylic acid groups (broad SMARTS) is 8. The minimum absolute atomic E-state index is 0.00985. The van der Waals surface area contributed by atoms with E-state index in [0.717, 1.165) is 0 Å². The van der Waals surface area contributed by atoms with E-state index in [1.807, 2.05) is 41.5 Å². The van der Waals surface area contributed by atoms with Crippen LogP contribution in [0, 0.1) is 11.8 Å². The molecule has 0 aliphatic carbocycles. The number of nitrogens with one attached hydrogen (secondary N) is 6. The van der Waals surface area contributed by atoms with Crippen LogP contribution in [0.2, 0.25) is 10.1 Å². The van der Waals surface area contributed by atoms with Crippen LogP contribution in [-0.4, -0.2) is 274 Å². The smallest absolute Gasteiger partial charge is 0.326 e. The zero-order chi connectivity index (χ0) is 73.4. The summed E-state index contributed by atoms with van der Waals surface area (Å²) in [5.74, 6) is -18.7. The number of halogens is 1. The number of benzene rings is 1. The molecule has 5 atom stereocenters. The number of aliphatic carboxylic acids is 8. The van der Waals surface area contributed by atoms with Gasteiger partial charge in [0.15, 0.2) is 0 Å². The van der Waals surface area contributed by atoms with Crippen molar-refractivity contribution in [3.63, 3.8) is 0 Å². The number of carboxylic acids is 8. The number of Topliss-reactive ketones (excluding diaryl/α,β-unsaturated/α-hetero) is 1. The molecule has 0 bridgehead atoms. The molecule has 3 unspecified atom stereocenters. The molecule has 0 saturated carbocycles. The Morgan fingerprint density at radius 1 is 0.433 bits per heavy atom. The van der Waals surface area contributed by atoms with Gasteiger partial charge in [-0.05, 0) is 72.3 Å². The third-order valence-corrected chi connectivity index (χ3v) is 21.5. The first-order valence-electron chi connectivity index (χ1n) is 31.9. The Bertz CT molecular complexity index is 2860. The van der Waals surface area contributed by atoms with Crippen molar-refractivity contribution in [1.82, 2.24) is 51.5 Å². The molecular formula is C62H97FN10O23Si. The van der Waals surface area contributed by atoms with Crippen LogP contribution in [0.4, 0.5) is 4.11 Å². The zero-order valence-corrected chi connectivity index (χ0v) is 56.9. The van der Waals surface area contributed by atoms with Crippen molar-refractivity contribution in [2.75, 3.05) is 98.2 Å². The minimum Gasteiger partial charge on any atom is -0.481 e. The molecule has 0 aromatic heterocycles. The molecule has 1 aromatic carbocycles. The SMILES string of the molecule is CC(C)(C)[Si]([18F])(c1ccc(C(=O)NCC(NC(=O)CN2CCN(CC(=O)O)CCN(CC(=O)O)CCN(CC(=O)O)CC2)C(=O)NC(CCCCNC(=O)CCC(=O)NCCCC(NC(=O)CC[C@H](CC(=O)C[C@@H](CCC(=O)O)C(=O)O)C(=O)O)C(=O)O)C(=O)O)cc1)C(C)(C)C. The number of ketones is 1. The Kier molecular flexibility index (Phi) is 36.2. The molecule has 1 aromatic rings. The number of amides is 6. The molecule has 33 nitrogen and oxygen atoms in total. The van der Waals surface area contributed by atoms with Gasteiger partial charge in [0.25, 0.3) is 14.3 Å². The molecule has 35 heteroatoms. The van der Waals surface area contributed by atoms with E-state index in [4.69, 9.17) is 5.11 Å². The van der Waals surface area contributed by atoms with Crippen molar-refractivity contribution >= 4 is 103 Å². The quantitative estimate of drug-likeness (QED) is 0.0225. The highest BCUT2D eigenvalue weighted by Crippen LogP contribution is 2.51. The van der Waals surface area contributed by atoms with Gasteiger partial charge in [-0.15, -0.1) is 0 Å². The van der Waals surface area contributed by atoms with Crippen LogP contribution in [0.3, 0.4) is 0 Å². The first kappa shape index (κ1) is 84.5. The van der Waals surface area contributed by atoms with E-state index >= 15 is 4.11 Å². The fraction of sp³-hybridized carbons (Fsp3) is 0.661. The lowest BCUT2D eigenvalue weighted by molar-refractivity contribution is -0.146. The first-order valence-corrected chi connectivity index (χ1v) is 33.8. The largest absolute Gasteiger partial charge is 0.481 e. The molecule has 1 fully saturated rings. The standard InChI is InChI=1S/C62H97FN10O23Si/c1-61(2,3)97(63,62(4,5)6)43-16-12-39(13-17-43)55(87)66-34-46(68-50(78)35-70-24-26-71(36-52(81)82)28-30-73(38-54(85)86)31-29-72(27-25-70)37-53(83)84)56(88)69-45(60(95)96)10-7-8-22-64-47(75)19-20-48(76)65-23-9-11-44(59(93)94)67-49(77)18-14-40(57(89)90)32-42(74)33-41(58(91)92)15-21-51(79)80/h12-13,16-17,40-41,44-46H,7-11,14-15,18-38H2,1-6H3,(H,64,75)(H,65,76)(H,66,87)(H,67,77)(H,68,78)(H,69,88)(H,79,80)(H,81,82)(H,83,84)(H,85,86)(H,89,90)(H,91,92)(H,93,94)(H,95,96)/t40-,41-,44?,45?,46?/m1/s1/i63-1. The summed E-state index contributed by atoms with van der Waals surface area (Å²) in [7, 11) is -3.74. The molecule has 97 heavy (non-hydrogen) atoms. The number of hydrogen-bond donors (Lipinski definition) is 14. The van der Waals surface area contributed by atoms with Crippen LogP contribution in [-0.2, 0) is 67.1 Å². The molecule has 0 radical (unpaired) electrons. The highest BCUT2D eigenvalue weighted by molar-refractivity contribution is 6.90. The number of hydrogen-bond acceptors (Lipinski definition) is 19. The van der Waals surface area contributed by atoms with Gasteiger partial charge in [0.05, 0.1) is 38.0 Å². The van der Waals surface area contributed by atoms with E-state index in [1.54, 1.807) is 31.7 Å². The van der Waals surface area contributed by atoms with Crippen molar-refractivity contribution < 1.29 is 117 Å². The maximum Gasteiger partial charge on any atom is 0.326 e. The third kappa shape index (κ3) is 32.4. The number of unbranched alkanes of at least 4 members (excludes halogenated alkanes) is 1. The number of carbonyl (C=O) groups is 15. The van der Waals surface area contributed by atoms with E-state index in [-0.39, 0.29) is 129 Å². The van der Waals surface area contributed by atoms with Gasteiger partial charge in [-0.1, -0.05) is 53.7 Å². The third-order valence-electron chi connectivity index (χ3n) is 16.2. The Morgan fingerprint density at radius 2 is 0.825 bits per heavy atom. The van der Waals surface area contributed by atoms with E-state index in [2.05, 4.69) is 31.9 Å². The average Bonchev–Trinajstić information content (AvgIpc) is 0.749. The Balaban J connectivity index is 2.11. The van der Waals surface area contributed by atoms with Gasteiger partial charge >= 0.3 is 47.8 Å². The fourth-order valence-electron chi connectivity index (χ4n) is 11.1. The van der Waals surface area contributed by atoms with Crippen LogP contribution in [0.5, 0.6) is 0 Å². The molecular weight excluding hydrogens is 1300 g/mol. The normalized spacial score (nSPS) is 15.6. The van der Waals surface area contributed by atoms with Gasteiger partial charge < -0.3 is 76.9 Å². The second-order valence-electron chi connectivity index (χ2n) is 26.0. The molecule has 1 saturated heterocycles. The topological polar surface area (TPSA) is 503 Å². The average molecular weight is 1400 g/mol. The highest BCUT2D eigenvalue weighted by Gasteiger charge is 2.56. The molecule has 2 rings (SSSR count). The molecule has 1 aliphatic rings. The lowest BCUT2D eigenvalue weighted by Crippen LogP contribution is -2.58. The number of rotatable bonds is 42. The van der Waals surface area contributed by atoms with Gasteiger partial charge in [-0.3, -0.25) is 81.9 Å². The van der Waals surface area contributed by atoms with Gasteiger partial charge in [-0.25, -0.2) is 9.59 Å². The Hall–Kier alpha value is -8.54. The van der Waals surface area contributed by atoms with Crippen LogP contribution in [0.25, 0.3) is 0 Å². The predicted octanol–water partition coefficient (Wildman–Crippen LogP) is -0.403. The van der Waals surface area contributed by atoms with Gasteiger partial charge in [0, 0.05) is 116 Å². The molecule has 6 amide bonds. The summed E-state index contributed by atoms with van der Waals surface area (Å²) in [6.07, 6.45) is -3.74. The summed E-state index contributed by atoms with van der Waals surface area (Å²) in [6, 6.07) is 1.30. The lowest BCUT2D eigenvalue weighted by Gasteiger charge is -2.44. The summed E-state index contributed by atoms with van der Waals surface area (Å²) in [4.78, 5) is 192. The maximum atomic E-state index is 17.1. The Morgan fingerprint density at radius 3 is 1.23 bits per heavy atom. The predicted molar refractivity (Wildman–Crippen MR) is 345 cm³/mol. The van der Waals surface area contributed by atoms with Crippen molar-refractivity contribution in [2.45, 2.75) is 153 Å². The first-order chi connectivity index (χ1) is 45.2. The number of nitrogens with zero attached hydrogens (tertiary/aromatic N) is 4. The van der Waals surface area contributed by atoms with Crippen LogP contribution >= 0.6 is 0 Å². The van der Waals surface area contributed by atoms with Crippen molar-refractivity contribution in [3.8, 4) is 0 Å². The highest BCUT2D eigenvalue weighted by atomic mass is 28.4. The van der Waals surface area contributed by atoms with Crippen molar-refractivity contribution in [1.29, 1.82) is 0 Å². The second kappa shape index (κ2) is 41.5. The molecule has 1 heterocycles. The van der Waals surface area contributed by atoms with Gasteiger partial charge in [-0.2, -0.15) is 0 Å². The molecule has 544 valence electrons. The zero-order valence-electron chi connectivity index (χ0n) is 55.9. The van der Waals surface area contributed by atoms with Crippen molar-refractivity contribution in [2.24, 2.45) is 11.8 Å². The van der Waals surface area contributed by atoms with Crippen LogP contribution in [0.15, 0.2) is 24.3 Å². The van der Waals surface area contributed by atoms with E-state index in [0.29, 0.717) is 5.19 Å². The van der Waals surface area contributed by atoms with E-state index in [9.17, 15) is 108 Å². The van der Waals surface area contributed by atoms with Crippen LogP contribution in [0.1, 0.15) is 135 Å². The number of carbonyl (C=O) groups excluding carboxylic acids is 7. The fourth-order valence-corrected chi connectivity index (χ4v) is 15.7. The van der Waals surface area contributed by atoms with Crippen LogP contribution < -0.4 is 37.1 Å². The summed E-state index contributed by atoms with van der Waals surface area (Å²) in [6.45, 7) is 9.12. The Labute approximate surface area is 562 Å². The molecule has 1 aliphatic heterocycles. The minimum atomic E-state index is -3.74. The molecule has 0 spiro atoms. The summed E-state index contributed by atoms with van der Waals surface area (Å²) < 4.78 is 17.1. The van der Waals surface area contributed by atoms with E-state index in [1.165, 1.54) is 12.1 Å². The second-order valence-corrected chi connectivity index (χ2v) is 30.9. The van der Waals surface area contributed by atoms with E-state index < -0.39 is 196 Å². The lowest BCUT2D eigenvalue weighted by atomic mass is 9.90. The maximum absolute atomic E-state index is 17.1. The summed E-state index contributed by atoms with van der Waals surface area (Å²) in [5.41, 5.74) is 0.0779.